The van der Waals surface area contributed by atoms with Gasteiger partial charge in [0.25, 0.3) is 0 Å². The first-order chi connectivity index (χ1) is 12.2. The summed E-state index contributed by atoms with van der Waals surface area (Å²) in [6.45, 7) is 0. The third kappa shape index (κ3) is 2.90. The largest absolute Gasteiger partial charge is 0.350 e. The van der Waals surface area contributed by atoms with Crippen molar-refractivity contribution in [3.05, 3.63) is 90.7 Å². The molecule has 0 spiro atoms. The molecular weight excluding hydrogens is 310 g/mol. The molecule has 0 N–H and O–H groups in total. The number of aromatic nitrogens is 3. The molecule has 0 amide bonds. The van der Waals surface area contributed by atoms with Crippen LogP contribution in [0.5, 0.6) is 0 Å². The van der Waals surface area contributed by atoms with E-state index in [1.807, 2.05) is 66.5 Å². The van der Waals surface area contributed by atoms with E-state index in [-0.39, 0.29) is 5.78 Å². The summed E-state index contributed by atoms with van der Waals surface area (Å²) < 4.78 is 3.97. The van der Waals surface area contributed by atoms with Crippen LogP contribution in [0.2, 0.25) is 0 Å². The van der Waals surface area contributed by atoms with E-state index >= 15 is 0 Å². The Morgan fingerprint density at radius 3 is 2.64 bits per heavy atom. The molecular formula is C21H17N3O. The van der Waals surface area contributed by atoms with E-state index in [2.05, 4.69) is 21.7 Å². The summed E-state index contributed by atoms with van der Waals surface area (Å²) in [5, 5.41) is 1.14. The molecule has 0 radical (unpaired) electrons. The Morgan fingerprint density at radius 2 is 1.88 bits per heavy atom. The summed E-state index contributed by atoms with van der Waals surface area (Å²) in [4.78, 5) is 16.5. The second-order valence-electron chi connectivity index (χ2n) is 5.93. The number of hydrogen-bond donors (Lipinski definition) is 0. The van der Waals surface area contributed by atoms with Gasteiger partial charge in [-0.2, -0.15) is 0 Å². The first-order valence-electron chi connectivity index (χ1n) is 8.07. The number of carbonyl (C=O) groups is 1. The van der Waals surface area contributed by atoms with E-state index in [4.69, 9.17) is 0 Å². The van der Waals surface area contributed by atoms with Gasteiger partial charge in [-0.05, 0) is 42.5 Å². The van der Waals surface area contributed by atoms with E-state index in [9.17, 15) is 4.79 Å². The van der Waals surface area contributed by atoms with E-state index in [1.165, 1.54) is 0 Å². The molecule has 4 rings (SSSR count). The lowest BCUT2D eigenvalue weighted by Crippen LogP contribution is -1.96. The fourth-order valence-corrected chi connectivity index (χ4v) is 2.98. The minimum atomic E-state index is -0.00915. The summed E-state index contributed by atoms with van der Waals surface area (Å²) in [7, 11) is 2.01. The number of aryl methyl sites for hydroxylation is 1. The normalized spacial score (nSPS) is 11.4. The molecule has 0 aliphatic rings. The van der Waals surface area contributed by atoms with Crippen molar-refractivity contribution < 1.29 is 4.79 Å². The highest BCUT2D eigenvalue weighted by atomic mass is 16.1. The Balaban J connectivity index is 1.58. The van der Waals surface area contributed by atoms with Gasteiger partial charge in [-0.25, -0.2) is 4.98 Å². The quantitative estimate of drug-likeness (QED) is 0.415. The Bertz CT molecular complexity index is 1050. The van der Waals surface area contributed by atoms with Crippen LogP contribution in [0.3, 0.4) is 0 Å². The van der Waals surface area contributed by atoms with Crippen LogP contribution in [0.1, 0.15) is 15.9 Å². The average Bonchev–Trinajstić information content (AvgIpc) is 3.29. The maximum absolute atomic E-state index is 12.4. The molecule has 4 nitrogen and oxygen atoms in total. The zero-order valence-electron chi connectivity index (χ0n) is 13.8. The number of hydrogen-bond acceptors (Lipinski definition) is 2. The molecule has 0 bridgehead atoms. The molecule has 0 saturated carbocycles. The first kappa shape index (κ1) is 15.1. The number of rotatable bonds is 4. The van der Waals surface area contributed by atoms with Crippen LogP contribution in [0.4, 0.5) is 0 Å². The van der Waals surface area contributed by atoms with Crippen molar-refractivity contribution in [2.24, 2.45) is 7.05 Å². The highest BCUT2D eigenvalue weighted by Crippen LogP contribution is 2.21. The van der Waals surface area contributed by atoms with Crippen molar-refractivity contribution in [1.82, 2.24) is 14.1 Å². The van der Waals surface area contributed by atoms with Crippen molar-refractivity contribution in [3.63, 3.8) is 0 Å². The van der Waals surface area contributed by atoms with Crippen LogP contribution < -0.4 is 0 Å². The molecule has 4 heteroatoms. The van der Waals surface area contributed by atoms with Crippen LogP contribution >= 0.6 is 0 Å². The van der Waals surface area contributed by atoms with Gasteiger partial charge in [0.15, 0.2) is 5.78 Å². The second-order valence-corrected chi connectivity index (χ2v) is 5.93. The lowest BCUT2D eigenvalue weighted by molar-refractivity contribution is 0.104. The highest BCUT2D eigenvalue weighted by Gasteiger charge is 2.05. The Morgan fingerprint density at radius 1 is 1.08 bits per heavy atom. The number of carbonyl (C=O) groups excluding carboxylic acids is 1. The van der Waals surface area contributed by atoms with Crippen LogP contribution in [-0.4, -0.2) is 19.9 Å². The van der Waals surface area contributed by atoms with Gasteiger partial charge < -0.3 is 9.13 Å². The number of ketones is 1. The lowest BCUT2D eigenvalue weighted by atomic mass is 10.1. The third-order valence-electron chi connectivity index (χ3n) is 4.30. The standard InChI is InChI=1S/C21H17N3O/c1-23-14-17(19-4-2-3-5-20(19)23)8-11-21(25)16-6-9-18(10-7-16)24-13-12-22-15-24/h2-15H,1H3. The minimum Gasteiger partial charge on any atom is -0.350 e. The Hall–Kier alpha value is -3.40. The molecule has 2 aromatic carbocycles. The van der Waals surface area contributed by atoms with Crippen molar-refractivity contribution in [2.75, 3.05) is 0 Å². The van der Waals surface area contributed by atoms with Crippen LogP contribution in [-0.2, 0) is 7.05 Å². The van der Waals surface area contributed by atoms with Crippen molar-refractivity contribution in [3.8, 4) is 5.69 Å². The van der Waals surface area contributed by atoms with Gasteiger partial charge in [0.2, 0.25) is 0 Å². The van der Waals surface area contributed by atoms with Crippen LogP contribution in [0, 0.1) is 0 Å². The number of nitrogens with zero attached hydrogens (tertiary/aromatic N) is 3. The van der Waals surface area contributed by atoms with Crippen LogP contribution in [0.25, 0.3) is 22.7 Å². The summed E-state index contributed by atoms with van der Waals surface area (Å²) >= 11 is 0. The zero-order chi connectivity index (χ0) is 17.2. The predicted octanol–water partition coefficient (Wildman–Crippen LogP) is 4.26. The summed E-state index contributed by atoms with van der Waals surface area (Å²) in [6, 6.07) is 15.7. The molecule has 2 aromatic heterocycles. The summed E-state index contributed by atoms with van der Waals surface area (Å²) in [6.07, 6.45) is 10.9. The van der Waals surface area contributed by atoms with Crippen molar-refractivity contribution in [1.29, 1.82) is 0 Å². The topological polar surface area (TPSA) is 39.8 Å². The van der Waals surface area contributed by atoms with E-state index in [1.54, 1.807) is 18.6 Å². The zero-order valence-corrected chi connectivity index (χ0v) is 13.8. The molecule has 2 heterocycles. The predicted molar refractivity (Wildman–Crippen MR) is 99.8 cm³/mol. The van der Waals surface area contributed by atoms with E-state index in [0.717, 1.165) is 22.2 Å². The van der Waals surface area contributed by atoms with E-state index < -0.39 is 0 Å². The number of fused-ring (bicyclic) bond motifs is 1. The summed E-state index contributed by atoms with van der Waals surface area (Å²) in [5.41, 5.74) is 3.84. The number of benzene rings is 2. The lowest BCUT2D eigenvalue weighted by Gasteiger charge is -2.02. The molecule has 25 heavy (non-hydrogen) atoms. The monoisotopic (exact) mass is 327 g/mol. The van der Waals surface area contributed by atoms with Gasteiger partial charge in [0.1, 0.15) is 0 Å². The molecule has 0 aliphatic carbocycles. The van der Waals surface area contributed by atoms with Gasteiger partial charge in [-0.1, -0.05) is 18.2 Å². The first-order valence-corrected chi connectivity index (χ1v) is 8.07. The molecule has 0 saturated heterocycles. The maximum atomic E-state index is 12.4. The molecule has 0 unspecified atom stereocenters. The fraction of sp³-hybridized carbons (Fsp3) is 0.0476. The van der Waals surface area contributed by atoms with Crippen molar-refractivity contribution in [2.45, 2.75) is 0 Å². The smallest absolute Gasteiger partial charge is 0.185 e. The van der Waals surface area contributed by atoms with Gasteiger partial charge in [0, 0.05) is 53.4 Å². The fourth-order valence-electron chi connectivity index (χ4n) is 2.98. The second kappa shape index (κ2) is 6.24. The SMILES string of the molecule is Cn1cc(C=CC(=O)c2ccc(-n3ccnc3)cc2)c2ccccc21. The molecule has 0 aliphatic heterocycles. The van der Waals surface area contributed by atoms with Gasteiger partial charge in [0.05, 0.1) is 6.33 Å². The van der Waals surface area contributed by atoms with Gasteiger partial charge >= 0.3 is 0 Å². The Kier molecular flexibility index (Phi) is 3.78. The van der Waals surface area contributed by atoms with E-state index in [0.29, 0.717) is 5.56 Å². The molecule has 4 aromatic rings. The number of allylic oxidation sites excluding steroid dienone is 1. The van der Waals surface area contributed by atoms with Crippen molar-refractivity contribution >= 4 is 22.8 Å². The Labute approximate surface area is 145 Å². The van der Waals surface area contributed by atoms with Crippen LogP contribution in [0.15, 0.2) is 79.5 Å². The number of para-hydroxylation sites is 1. The highest BCUT2D eigenvalue weighted by molar-refractivity contribution is 6.07. The van der Waals surface area contributed by atoms with Gasteiger partial charge in [-0.15, -0.1) is 0 Å². The third-order valence-corrected chi connectivity index (χ3v) is 4.30. The summed E-state index contributed by atoms with van der Waals surface area (Å²) in [5.74, 6) is -0.00915. The molecule has 0 atom stereocenters. The van der Waals surface area contributed by atoms with Gasteiger partial charge in [-0.3, -0.25) is 4.79 Å². The minimum absolute atomic E-state index is 0.00915. The molecule has 122 valence electrons. The molecule has 0 fully saturated rings. The average molecular weight is 327 g/mol. The number of imidazole rings is 1. The maximum Gasteiger partial charge on any atom is 0.185 e.